The second-order valence-electron chi connectivity index (χ2n) is 6.30. The van der Waals surface area contributed by atoms with Gasteiger partial charge in [0.2, 0.25) is 5.91 Å². The van der Waals surface area contributed by atoms with Crippen LogP contribution in [0.15, 0.2) is 43.0 Å². The number of alkyl carbamates (subject to hydrolysis) is 1. The number of carbonyl (C=O) groups excluding carboxylic acids is 2. The zero-order valence-corrected chi connectivity index (χ0v) is 15.1. The van der Waals surface area contributed by atoms with Gasteiger partial charge in [-0.05, 0) is 17.9 Å². The van der Waals surface area contributed by atoms with Crippen molar-refractivity contribution in [1.82, 2.24) is 10.6 Å². The highest BCUT2D eigenvalue weighted by Gasteiger charge is 2.27. The molecule has 2 amide bonds. The maximum Gasteiger partial charge on any atom is 0.408 e. The van der Waals surface area contributed by atoms with Crippen molar-refractivity contribution >= 4 is 18.0 Å². The Kier molecular flexibility index (Phi) is 8.91. The molecule has 0 aliphatic carbocycles. The van der Waals surface area contributed by atoms with Crippen LogP contribution in [0.25, 0.3) is 0 Å². The van der Waals surface area contributed by atoms with E-state index in [4.69, 9.17) is 4.74 Å². The van der Waals surface area contributed by atoms with E-state index in [1.165, 1.54) is 6.08 Å². The summed E-state index contributed by atoms with van der Waals surface area (Å²) in [4.78, 5) is 35.8. The third kappa shape index (κ3) is 7.83. The van der Waals surface area contributed by atoms with E-state index < -0.39 is 30.1 Å². The predicted octanol–water partition coefficient (Wildman–Crippen LogP) is 2.13. The highest BCUT2D eigenvalue weighted by molar-refractivity contribution is 5.89. The lowest BCUT2D eigenvalue weighted by molar-refractivity contribution is -0.142. The standard InChI is InChI=1S/C19H26N2O5/c1-4-10-26-19(25)21-15(12-14-8-6-5-7-9-14)17(22)20-16(18(23)24)11-13(2)3/h4-9,13,15-16H,1,10-12H2,2-3H3,(H,20,22)(H,21,25)(H,23,24)/t15-,16-/m0/s1. The van der Waals surface area contributed by atoms with Gasteiger partial charge in [-0.15, -0.1) is 0 Å². The van der Waals surface area contributed by atoms with Crippen LogP contribution < -0.4 is 10.6 Å². The van der Waals surface area contributed by atoms with E-state index in [-0.39, 0.29) is 18.9 Å². The Morgan fingerprint density at radius 3 is 2.35 bits per heavy atom. The Balaban J connectivity index is 2.86. The Labute approximate surface area is 153 Å². The molecule has 2 atom stereocenters. The van der Waals surface area contributed by atoms with E-state index in [2.05, 4.69) is 17.2 Å². The largest absolute Gasteiger partial charge is 0.480 e. The molecule has 7 heteroatoms. The third-order valence-electron chi connectivity index (χ3n) is 3.55. The lowest BCUT2D eigenvalue weighted by Crippen LogP contribution is -2.52. The number of rotatable bonds is 10. The van der Waals surface area contributed by atoms with Crippen LogP contribution in [0, 0.1) is 5.92 Å². The molecule has 0 saturated carbocycles. The van der Waals surface area contributed by atoms with Crippen molar-refractivity contribution in [3.63, 3.8) is 0 Å². The van der Waals surface area contributed by atoms with Crippen LogP contribution in [0.2, 0.25) is 0 Å². The monoisotopic (exact) mass is 362 g/mol. The van der Waals surface area contributed by atoms with Crippen LogP contribution in [-0.2, 0) is 20.7 Å². The average Bonchev–Trinajstić information content (AvgIpc) is 2.59. The fraction of sp³-hybridized carbons (Fsp3) is 0.421. The highest BCUT2D eigenvalue weighted by Crippen LogP contribution is 2.08. The van der Waals surface area contributed by atoms with E-state index in [0.29, 0.717) is 6.42 Å². The van der Waals surface area contributed by atoms with Gasteiger partial charge in [-0.3, -0.25) is 4.79 Å². The van der Waals surface area contributed by atoms with E-state index in [9.17, 15) is 19.5 Å². The molecule has 142 valence electrons. The van der Waals surface area contributed by atoms with E-state index in [0.717, 1.165) is 5.56 Å². The summed E-state index contributed by atoms with van der Waals surface area (Å²) in [7, 11) is 0. The zero-order chi connectivity index (χ0) is 19.5. The number of carboxylic acid groups (broad SMARTS) is 1. The fourth-order valence-electron chi connectivity index (χ4n) is 2.34. The molecule has 0 unspecified atom stereocenters. The smallest absolute Gasteiger partial charge is 0.408 e. The number of hydrogen-bond donors (Lipinski definition) is 3. The first-order chi connectivity index (χ1) is 12.3. The van der Waals surface area contributed by atoms with Crippen molar-refractivity contribution in [1.29, 1.82) is 0 Å². The molecule has 0 aliphatic heterocycles. The van der Waals surface area contributed by atoms with Crippen LogP contribution in [0.3, 0.4) is 0 Å². The number of nitrogens with one attached hydrogen (secondary N) is 2. The molecule has 3 N–H and O–H groups in total. The highest BCUT2D eigenvalue weighted by atomic mass is 16.5. The fourth-order valence-corrected chi connectivity index (χ4v) is 2.34. The van der Waals surface area contributed by atoms with Gasteiger partial charge >= 0.3 is 12.1 Å². The molecule has 1 aromatic rings. The minimum absolute atomic E-state index is 0.0105. The Hall–Kier alpha value is -2.83. The molecule has 0 aliphatic rings. The van der Waals surface area contributed by atoms with Gasteiger partial charge in [0.25, 0.3) is 0 Å². The molecule has 0 saturated heterocycles. The Bertz CT molecular complexity index is 616. The zero-order valence-electron chi connectivity index (χ0n) is 15.1. The Morgan fingerprint density at radius 1 is 1.15 bits per heavy atom. The van der Waals surface area contributed by atoms with E-state index in [1.54, 1.807) is 0 Å². The molecular weight excluding hydrogens is 336 g/mol. The lowest BCUT2D eigenvalue weighted by atomic mass is 10.0. The van der Waals surface area contributed by atoms with E-state index >= 15 is 0 Å². The number of amides is 2. The average molecular weight is 362 g/mol. The molecule has 0 spiro atoms. The number of carbonyl (C=O) groups is 3. The van der Waals surface area contributed by atoms with E-state index in [1.807, 2.05) is 44.2 Å². The summed E-state index contributed by atoms with van der Waals surface area (Å²) in [6, 6.07) is 7.14. The normalized spacial score (nSPS) is 12.7. The minimum Gasteiger partial charge on any atom is -0.480 e. The Morgan fingerprint density at radius 2 is 1.81 bits per heavy atom. The molecule has 7 nitrogen and oxygen atoms in total. The molecule has 1 rings (SSSR count). The van der Waals surface area contributed by atoms with Gasteiger partial charge in [-0.25, -0.2) is 9.59 Å². The molecular formula is C19H26N2O5. The number of ether oxygens (including phenoxy) is 1. The van der Waals surface area contributed by atoms with Crippen LogP contribution in [0.1, 0.15) is 25.8 Å². The van der Waals surface area contributed by atoms with Crippen molar-refractivity contribution in [3.8, 4) is 0 Å². The summed E-state index contributed by atoms with van der Waals surface area (Å²) < 4.78 is 4.86. The minimum atomic E-state index is -1.11. The maximum absolute atomic E-state index is 12.6. The van der Waals surface area contributed by atoms with Crippen molar-refractivity contribution < 1.29 is 24.2 Å². The SMILES string of the molecule is C=CCOC(=O)N[C@@H](Cc1ccccc1)C(=O)N[C@@H](CC(C)C)C(=O)O. The van der Waals surface area contributed by atoms with Crippen LogP contribution in [-0.4, -0.2) is 41.8 Å². The summed E-state index contributed by atoms with van der Waals surface area (Å²) in [6.45, 7) is 7.20. The first-order valence-electron chi connectivity index (χ1n) is 8.44. The topological polar surface area (TPSA) is 105 Å². The summed E-state index contributed by atoms with van der Waals surface area (Å²) in [5, 5.41) is 14.3. The number of hydrogen-bond acceptors (Lipinski definition) is 4. The van der Waals surface area contributed by atoms with Crippen LogP contribution >= 0.6 is 0 Å². The summed E-state index contributed by atoms with van der Waals surface area (Å²) in [5.41, 5.74) is 0.826. The van der Waals surface area contributed by atoms with Gasteiger partial charge in [0.1, 0.15) is 18.7 Å². The molecule has 0 aromatic heterocycles. The first kappa shape index (κ1) is 21.2. The van der Waals surface area contributed by atoms with Crippen molar-refractivity contribution in [2.24, 2.45) is 5.92 Å². The quantitative estimate of drug-likeness (QED) is 0.553. The van der Waals surface area contributed by atoms with Gasteiger partial charge in [-0.2, -0.15) is 0 Å². The predicted molar refractivity (Wildman–Crippen MR) is 97.6 cm³/mol. The van der Waals surface area contributed by atoms with Gasteiger partial charge in [0.15, 0.2) is 0 Å². The maximum atomic E-state index is 12.6. The number of aliphatic carboxylic acids is 1. The third-order valence-corrected chi connectivity index (χ3v) is 3.55. The van der Waals surface area contributed by atoms with Gasteiger partial charge in [0.05, 0.1) is 0 Å². The van der Waals surface area contributed by atoms with Crippen molar-refractivity contribution in [2.75, 3.05) is 6.61 Å². The van der Waals surface area contributed by atoms with Gasteiger partial charge in [0, 0.05) is 6.42 Å². The second kappa shape index (κ2) is 10.9. The molecule has 0 radical (unpaired) electrons. The molecule has 0 fully saturated rings. The van der Waals surface area contributed by atoms with Crippen molar-refractivity contribution in [2.45, 2.75) is 38.8 Å². The molecule has 1 aromatic carbocycles. The van der Waals surface area contributed by atoms with Gasteiger partial charge in [-0.1, -0.05) is 56.8 Å². The summed E-state index contributed by atoms with van der Waals surface area (Å²) >= 11 is 0. The van der Waals surface area contributed by atoms with Crippen LogP contribution in [0.4, 0.5) is 4.79 Å². The number of carboxylic acids is 1. The van der Waals surface area contributed by atoms with Crippen LogP contribution in [0.5, 0.6) is 0 Å². The lowest BCUT2D eigenvalue weighted by Gasteiger charge is -2.22. The molecule has 26 heavy (non-hydrogen) atoms. The summed E-state index contributed by atoms with van der Waals surface area (Å²) in [5.74, 6) is -1.59. The molecule has 0 bridgehead atoms. The van der Waals surface area contributed by atoms with Gasteiger partial charge < -0.3 is 20.5 Å². The number of benzene rings is 1. The molecule has 0 heterocycles. The second-order valence-corrected chi connectivity index (χ2v) is 6.30. The van der Waals surface area contributed by atoms with Crippen molar-refractivity contribution in [3.05, 3.63) is 48.6 Å². The first-order valence-corrected chi connectivity index (χ1v) is 8.44. The summed E-state index contributed by atoms with van der Waals surface area (Å²) in [6.07, 6.45) is 1.15.